The second-order valence-electron chi connectivity index (χ2n) is 4.08. The molecule has 100 valence electrons. The Morgan fingerprint density at radius 3 is 2.89 bits per heavy atom. The third kappa shape index (κ3) is 2.80. The van der Waals surface area contributed by atoms with E-state index in [-0.39, 0.29) is 35.7 Å². The summed E-state index contributed by atoms with van der Waals surface area (Å²) in [5, 5.41) is 13.7. The summed E-state index contributed by atoms with van der Waals surface area (Å²) in [4.78, 5) is 26.5. The number of hydrogen-bond donors (Lipinski definition) is 2. The molecule has 2 rings (SSSR count). The van der Waals surface area contributed by atoms with Crippen LogP contribution in [0.15, 0.2) is 12.3 Å². The summed E-state index contributed by atoms with van der Waals surface area (Å²) in [6.07, 6.45) is 1.24. The van der Waals surface area contributed by atoms with E-state index in [0.29, 0.717) is 6.54 Å². The van der Waals surface area contributed by atoms with Crippen LogP contribution >= 0.6 is 12.4 Å². The van der Waals surface area contributed by atoms with E-state index >= 15 is 0 Å². The monoisotopic (exact) mass is 274 g/mol. The Bertz CT molecular complexity index is 448. The Morgan fingerprint density at radius 2 is 2.33 bits per heavy atom. The molecule has 7 nitrogen and oxygen atoms in total. The first-order valence-electron chi connectivity index (χ1n) is 5.44. The Hall–Kier alpha value is -1.60. The van der Waals surface area contributed by atoms with Crippen LogP contribution in [0.4, 0.5) is 5.69 Å². The molecule has 0 spiro atoms. The summed E-state index contributed by atoms with van der Waals surface area (Å²) in [7, 11) is 0. The van der Waals surface area contributed by atoms with Crippen molar-refractivity contribution in [3.05, 3.63) is 28.1 Å². The van der Waals surface area contributed by atoms with Gasteiger partial charge in [-0.3, -0.25) is 14.9 Å². The zero-order valence-corrected chi connectivity index (χ0v) is 10.7. The van der Waals surface area contributed by atoms with E-state index in [0.717, 1.165) is 13.1 Å². The fourth-order valence-electron chi connectivity index (χ4n) is 1.91. The third-order valence-corrected chi connectivity index (χ3v) is 2.87. The minimum absolute atomic E-state index is 0. The Balaban J connectivity index is 0.00000162. The lowest BCUT2D eigenvalue weighted by atomic mass is 10.2. The van der Waals surface area contributed by atoms with E-state index in [1.165, 1.54) is 12.3 Å². The van der Waals surface area contributed by atoms with Crippen molar-refractivity contribution < 1.29 is 9.72 Å². The molecule has 1 aromatic rings. The fourth-order valence-corrected chi connectivity index (χ4v) is 1.91. The number of aromatic amines is 1. The van der Waals surface area contributed by atoms with Gasteiger partial charge in [0.25, 0.3) is 11.6 Å². The summed E-state index contributed by atoms with van der Waals surface area (Å²) in [6.45, 7) is 4.06. The SMILES string of the molecule is CC1CNCCN1C(=O)c1cc([N+](=O)[O-])c[nH]1.Cl. The van der Waals surface area contributed by atoms with Crippen molar-refractivity contribution in [2.45, 2.75) is 13.0 Å². The highest BCUT2D eigenvalue weighted by Gasteiger charge is 2.26. The van der Waals surface area contributed by atoms with Crippen LogP contribution in [0.2, 0.25) is 0 Å². The van der Waals surface area contributed by atoms with Gasteiger partial charge in [0.1, 0.15) is 5.69 Å². The van der Waals surface area contributed by atoms with Crippen LogP contribution in [-0.4, -0.2) is 46.4 Å². The third-order valence-electron chi connectivity index (χ3n) is 2.87. The number of nitrogens with zero attached hydrogens (tertiary/aromatic N) is 2. The van der Waals surface area contributed by atoms with E-state index < -0.39 is 4.92 Å². The van der Waals surface area contributed by atoms with Crippen LogP contribution in [0.1, 0.15) is 17.4 Å². The van der Waals surface area contributed by atoms with Crippen molar-refractivity contribution in [3.63, 3.8) is 0 Å². The maximum Gasteiger partial charge on any atom is 0.287 e. The van der Waals surface area contributed by atoms with Crippen LogP contribution in [-0.2, 0) is 0 Å². The first-order valence-corrected chi connectivity index (χ1v) is 5.44. The first-order chi connectivity index (χ1) is 8.09. The number of carbonyl (C=O) groups excluding carboxylic acids is 1. The summed E-state index contributed by atoms with van der Waals surface area (Å²) < 4.78 is 0. The van der Waals surface area contributed by atoms with Gasteiger partial charge in [0, 0.05) is 31.7 Å². The number of carbonyl (C=O) groups is 1. The molecule has 1 aromatic heterocycles. The largest absolute Gasteiger partial charge is 0.351 e. The number of aromatic nitrogens is 1. The number of piperazine rings is 1. The molecule has 1 aliphatic heterocycles. The fraction of sp³-hybridized carbons (Fsp3) is 0.500. The lowest BCUT2D eigenvalue weighted by Gasteiger charge is -2.33. The summed E-state index contributed by atoms with van der Waals surface area (Å²) in [6, 6.07) is 1.37. The van der Waals surface area contributed by atoms with Crippen molar-refractivity contribution in [3.8, 4) is 0 Å². The molecule has 1 fully saturated rings. The maximum absolute atomic E-state index is 12.1. The van der Waals surface area contributed by atoms with Crippen molar-refractivity contribution >= 4 is 24.0 Å². The van der Waals surface area contributed by atoms with Gasteiger partial charge in [-0.1, -0.05) is 0 Å². The molecular weight excluding hydrogens is 260 g/mol. The van der Waals surface area contributed by atoms with E-state index in [9.17, 15) is 14.9 Å². The zero-order chi connectivity index (χ0) is 12.4. The molecule has 1 saturated heterocycles. The van der Waals surface area contributed by atoms with Crippen molar-refractivity contribution in [1.29, 1.82) is 0 Å². The van der Waals surface area contributed by atoms with Gasteiger partial charge in [-0.15, -0.1) is 12.4 Å². The second kappa shape index (κ2) is 5.83. The average Bonchev–Trinajstić information content (AvgIpc) is 2.78. The number of nitrogens with one attached hydrogen (secondary N) is 2. The van der Waals surface area contributed by atoms with Crippen LogP contribution in [0.5, 0.6) is 0 Å². The lowest BCUT2D eigenvalue weighted by molar-refractivity contribution is -0.384. The Kier molecular flexibility index (Phi) is 4.69. The molecule has 2 heterocycles. The van der Waals surface area contributed by atoms with Gasteiger partial charge in [0.15, 0.2) is 0 Å². The minimum atomic E-state index is -0.519. The maximum atomic E-state index is 12.1. The summed E-state index contributed by atoms with van der Waals surface area (Å²) in [5.74, 6) is -0.188. The van der Waals surface area contributed by atoms with Gasteiger partial charge < -0.3 is 15.2 Å². The van der Waals surface area contributed by atoms with Crippen LogP contribution in [0, 0.1) is 10.1 Å². The van der Waals surface area contributed by atoms with Crippen molar-refractivity contribution in [1.82, 2.24) is 15.2 Å². The quantitative estimate of drug-likeness (QED) is 0.616. The average molecular weight is 275 g/mol. The summed E-state index contributed by atoms with van der Waals surface area (Å²) in [5.41, 5.74) is 0.182. The molecule has 0 aromatic carbocycles. The Labute approximate surface area is 110 Å². The number of amides is 1. The lowest BCUT2D eigenvalue weighted by Crippen LogP contribution is -2.52. The molecule has 0 radical (unpaired) electrons. The zero-order valence-electron chi connectivity index (χ0n) is 9.88. The highest BCUT2D eigenvalue weighted by atomic mass is 35.5. The molecule has 1 unspecified atom stereocenters. The van der Waals surface area contributed by atoms with Crippen LogP contribution in [0.25, 0.3) is 0 Å². The predicted octanol–water partition coefficient (Wildman–Crippen LogP) is 0.779. The number of hydrogen-bond acceptors (Lipinski definition) is 4. The molecule has 1 aliphatic rings. The smallest absolute Gasteiger partial charge is 0.287 e. The highest BCUT2D eigenvalue weighted by molar-refractivity contribution is 5.93. The van der Waals surface area contributed by atoms with Crippen molar-refractivity contribution in [2.75, 3.05) is 19.6 Å². The van der Waals surface area contributed by atoms with Gasteiger partial charge in [-0.25, -0.2) is 0 Å². The van der Waals surface area contributed by atoms with E-state index in [4.69, 9.17) is 0 Å². The van der Waals surface area contributed by atoms with E-state index in [1.807, 2.05) is 6.92 Å². The van der Waals surface area contributed by atoms with E-state index in [1.54, 1.807) is 4.90 Å². The van der Waals surface area contributed by atoms with Gasteiger partial charge >= 0.3 is 0 Å². The number of halogens is 1. The Morgan fingerprint density at radius 1 is 1.61 bits per heavy atom. The highest BCUT2D eigenvalue weighted by Crippen LogP contribution is 2.15. The molecule has 1 atom stereocenters. The molecule has 0 aliphatic carbocycles. The van der Waals surface area contributed by atoms with Gasteiger partial charge in [-0.05, 0) is 6.92 Å². The van der Waals surface area contributed by atoms with Gasteiger partial charge in [0.05, 0.1) is 11.1 Å². The van der Waals surface area contributed by atoms with E-state index in [2.05, 4.69) is 10.3 Å². The van der Waals surface area contributed by atoms with Crippen LogP contribution < -0.4 is 5.32 Å². The molecule has 18 heavy (non-hydrogen) atoms. The number of nitro groups is 1. The topological polar surface area (TPSA) is 91.3 Å². The molecule has 8 heteroatoms. The molecular formula is C10H15ClN4O3. The minimum Gasteiger partial charge on any atom is -0.351 e. The second-order valence-corrected chi connectivity index (χ2v) is 4.08. The normalized spacial score (nSPS) is 19.2. The number of rotatable bonds is 2. The van der Waals surface area contributed by atoms with Gasteiger partial charge in [-0.2, -0.15) is 0 Å². The molecule has 2 N–H and O–H groups in total. The first kappa shape index (κ1) is 14.5. The standard InChI is InChI=1S/C10H14N4O3.ClH/c1-7-5-11-2-3-13(7)10(15)9-4-8(6-12-9)14(16)17;/h4,6-7,11-12H,2-3,5H2,1H3;1H. The van der Waals surface area contributed by atoms with Gasteiger partial charge in [0.2, 0.25) is 0 Å². The molecule has 0 bridgehead atoms. The molecule has 0 saturated carbocycles. The van der Waals surface area contributed by atoms with Crippen LogP contribution in [0.3, 0.4) is 0 Å². The predicted molar refractivity (Wildman–Crippen MR) is 68.1 cm³/mol. The number of H-pyrrole nitrogens is 1. The van der Waals surface area contributed by atoms with Crippen molar-refractivity contribution in [2.24, 2.45) is 0 Å². The molecule has 1 amide bonds. The summed E-state index contributed by atoms with van der Waals surface area (Å²) >= 11 is 0.